The number of hydrogen-bond donors (Lipinski definition) is 2. The van der Waals surface area contributed by atoms with E-state index in [0.717, 1.165) is 12.8 Å². The normalized spacial score (nSPS) is 28.0. The number of aliphatic imine (C=N–C) groups is 2. The lowest BCUT2D eigenvalue weighted by Crippen LogP contribution is -2.59. The van der Waals surface area contributed by atoms with Crippen LogP contribution in [0.5, 0.6) is 11.5 Å². The highest BCUT2D eigenvalue weighted by molar-refractivity contribution is 6.09. The molecule has 14 nitrogen and oxygen atoms in total. The Bertz CT molecular complexity index is 2290. The summed E-state index contributed by atoms with van der Waals surface area (Å²) >= 11 is 0. The Morgan fingerprint density at radius 2 is 1.07 bits per heavy atom. The Morgan fingerprint density at radius 1 is 0.655 bits per heavy atom. The summed E-state index contributed by atoms with van der Waals surface area (Å²) in [5, 5.41) is 0. The Hall–Kier alpha value is -6.14. The minimum absolute atomic E-state index is 0.0228. The number of rotatable bonds is 2. The van der Waals surface area contributed by atoms with Gasteiger partial charge in [0.05, 0.1) is 0 Å². The molecule has 4 aromatic rings. The van der Waals surface area contributed by atoms with Gasteiger partial charge in [-0.15, -0.1) is 0 Å². The van der Waals surface area contributed by atoms with Crippen molar-refractivity contribution in [3.63, 3.8) is 0 Å². The molecule has 8 heterocycles. The van der Waals surface area contributed by atoms with Crippen molar-refractivity contribution in [1.82, 2.24) is 19.8 Å². The predicted molar refractivity (Wildman–Crippen MR) is 198 cm³/mol. The predicted octanol–water partition coefficient (Wildman–Crippen LogP) is 3.90. The van der Waals surface area contributed by atoms with Gasteiger partial charge in [0.15, 0.2) is 11.9 Å². The average Bonchev–Trinajstić information content (AvgIpc) is 3.58. The van der Waals surface area contributed by atoms with E-state index in [0.29, 0.717) is 37.2 Å². The molecule has 2 saturated heterocycles. The van der Waals surface area contributed by atoms with E-state index in [9.17, 15) is 27.2 Å². The van der Waals surface area contributed by atoms with Crippen molar-refractivity contribution >= 4 is 23.7 Å². The van der Waals surface area contributed by atoms with Gasteiger partial charge in [0.2, 0.25) is 23.0 Å². The number of fused-ring (bicyclic) bond motifs is 8. The van der Waals surface area contributed by atoms with Crippen molar-refractivity contribution in [2.75, 3.05) is 27.3 Å². The molecule has 4 N–H and O–H groups in total. The summed E-state index contributed by atoms with van der Waals surface area (Å²) in [6, 6.07) is 11.0. The van der Waals surface area contributed by atoms with Crippen LogP contribution in [0.1, 0.15) is 36.8 Å². The molecule has 2 aromatic heterocycles. The first-order valence-electron chi connectivity index (χ1n) is 18.6. The molecule has 0 aliphatic carbocycles. The number of nitrogens with two attached hydrogens (primary N) is 2. The van der Waals surface area contributed by atoms with E-state index in [1.165, 1.54) is 84.8 Å². The fraction of sp³-hybridized carbons (Fsp3) is 0.350. The molecule has 2 amide bonds. The van der Waals surface area contributed by atoms with Crippen molar-refractivity contribution in [3.8, 4) is 33.8 Å². The maximum Gasteiger partial charge on any atom is 0.264 e. The molecule has 58 heavy (non-hydrogen) atoms. The van der Waals surface area contributed by atoms with E-state index in [2.05, 4.69) is 20.0 Å². The number of nitrogens with zero attached hydrogens (tertiary/aromatic N) is 6. The Labute approximate surface area is 328 Å². The first-order valence-corrected chi connectivity index (χ1v) is 18.6. The van der Waals surface area contributed by atoms with Crippen LogP contribution in [0.15, 0.2) is 70.9 Å². The van der Waals surface area contributed by atoms with Crippen LogP contribution in [0.4, 0.5) is 17.6 Å². The van der Waals surface area contributed by atoms with E-state index in [1.54, 1.807) is 0 Å². The second-order valence-corrected chi connectivity index (χ2v) is 14.7. The van der Waals surface area contributed by atoms with Crippen molar-refractivity contribution in [3.05, 3.63) is 95.6 Å². The molecular formula is C40H36F4N8O6. The fourth-order valence-corrected chi connectivity index (χ4v) is 8.70. The summed E-state index contributed by atoms with van der Waals surface area (Å²) in [4.78, 5) is 45.3. The molecule has 6 aliphatic heterocycles. The van der Waals surface area contributed by atoms with Crippen LogP contribution in [0, 0.1) is 23.5 Å². The molecule has 2 fully saturated rings. The third-order valence-electron chi connectivity index (χ3n) is 11.5. The van der Waals surface area contributed by atoms with Gasteiger partial charge in [-0.2, -0.15) is 8.78 Å². The van der Waals surface area contributed by atoms with Crippen LogP contribution in [0.2, 0.25) is 0 Å². The zero-order valence-corrected chi connectivity index (χ0v) is 31.1. The molecule has 2 aromatic carbocycles. The van der Waals surface area contributed by atoms with Gasteiger partial charge >= 0.3 is 0 Å². The zero-order chi connectivity index (χ0) is 40.7. The third kappa shape index (κ3) is 5.44. The van der Waals surface area contributed by atoms with Crippen molar-refractivity contribution in [1.29, 1.82) is 0 Å². The van der Waals surface area contributed by atoms with Gasteiger partial charge in [0, 0.05) is 85.2 Å². The lowest BCUT2D eigenvalue weighted by Gasteiger charge is -2.45. The van der Waals surface area contributed by atoms with Gasteiger partial charge in [0.1, 0.15) is 47.5 Å². The number of carbonyl (C=O) groups excluding carboxylic acids is 2. The number of hydrogen-bond acceptors (Lipinski definition) is 12. The lowest BCUT2D eigenvalue weighted by molar-refractivity contribution is -0.152. The van der Waals surface area contributed by atoms with Crippen LogP contribution in [0.3, 0.4) is 0 Å². The number of amides is 2. The number of ether oxygens (including phenoxy) is 4. The summed E-state index contributed by atoms with van der Waals surface area (Å²) in [6.07, 6.45) is 2.97. The maximum absolute atomic E-state index is 14.9. The minimum atomic E-state index is -1.50. The average molecular weight is 801 g/mol. The molecule has 2 spiro atoms. The molecule has 2 unspecified atom stereocenters. The molecule has 18 heteroatoms. The molecular weight excluding hydrogens is 764 g/mol. The number of likely N-dealkylation sites (N-methyl/N-ethyl adjacent to an activating group) is 2. The van der Waals surface area contributed by atoms with E-state index in [1.807, 2.05) is 0 Å². The van der Waals surface area contributed by atoms with Crippen LogP contribution in [0.25, 0.3) is 22.3 Å². The highest BCUT2D eigenvalue weighted by Crippen LogP contribution is 2.52. The second-order valence-electron chi connectivity index (χ2n) is 14.7. The lowest BCUT2D eigenvalue weighted by atomic mass is 9.76. The highest BCUT2D eigenvalue weighted by Gasteiger charge is 2.63. The van der Waals surface area contributed by atoms with Gasteiger partial charge in [-0.1, -0.05) is 0 Å². The van der Waals surface area contributed by atoms with Crippen molar-refractivity contribution in [2.24, 2.45) is 21.5 Å². The highest BCUT2D eigenvalue weighted by atomic mass is 19.1. The first-order chi connectivity index (χ1) is 27.9. The Morgan fingerprint density at radius 3 is 1.43 bits per heavy atom. The van der Waals surface area contributed by atoms with Gasteiger partial charge in [-0.3, -0.25) is 19.4 Å². The molecule has 6 aliphatic rings. The fourth-order valence-electron chi connectivity index (χ4n) is 8.70. The van der Waals surface area contributed by atoms with Gasteiger partial charge in [-0.05, 0) is 62.1 Å². The molecule has 300 valence electrons. The SMILES string of the molecule is CN1C(=O)[C@@]2(N=C1N)c1cc(-c3cccnc3F)c(F)cc1OC1CCCO[C@@H]12.CN1C(=O)[C@]2(N=C1N)c1cc(-c3cccnc3F)c(F)cc1OC1CCCO[C@@H]12. The monoisotopic (exact) mass is 800 g/mol. The smallest absolute Gasteiger partial charge is 0.264 e. The Kier molecular flexibility index (Phi) is 8.88. The summed E-state index contributed by atoms with van der Waals surface area (Å²) < 4.78 is 82.2. The number of guanidine groups is 2. The number of aromatic nitrogens is 2. The first kappa shape index (κ1) is 37.4. The van der Waals surface area contributed by atoms with Gasteiger partial charge in [-0.25, -0.2) is 28.7 Å². The summed E-state index contributed by atoms with van der Waals surface area (Å²) in [7, 11) is 3.04. The van der Waals surface area contributed by atoms with Crippen LogP contribution >= 0.6 is 0 Å². The largest absolute Gasteiger partial charge is 0.487 e. The van der Waals surface area contributed by atoms with Crippen LogP contribution < -0.4 is 20.9 Å². The molecule has 0 saturated carbocycles. The number of carbonyl (C=O) groups is 2. The molecule has 0 radical (unpaired) electrons. The molecule has 0 bridgehead atoms. The molecule has 10 rings (SSSR count). The minimum Gasteiger partial charge on any atom is -0.487 e. The van der Waals surface area contributed by atoms with E-state index in [-0.39, 0.29) is 57.5 Å². The number of halogens is 4. The molecule has 6 atom stereocenters. The summed E-state index contributed by atoms with van der Waals surface area (Å²) in [5.41, 5.74) is 9.42. The Balaban J connectivity index is 0.000000150. The van der Waals surface area contributed by atoms with Crippen molar-refractivity contribution in [2.45, 2.75) is 61.2 Å². The van der Waals surface area contributed by atoms with E-state index >= 15 is 0 Å². The van der Waals surface area contributed by atoms with Crippen LogP contribution in [-0.4, -0.2) is 95.2 Å². The standard InChI is InChI=1S/2C20H18F2N4O3/c2*1-26-18(27)20(25-19(26)23)12-8-11(10-4-2-6-24-17(10)22)13(21)9-15(12)29-14-5-3-7-28-16(14)20/h2*2,4,6,8-9,14,16H,3,5,7H2,1H3,(H2,23,25)/t14?,16-,20+;14?,16-,20-/m00/s1. The topological polar surface area (TPSA) is 180 Å². The number of benzene rings is 2. The van der Waals surface area contributed by atoms with E-state index in [4.69, 9.17) is 30.4 Å². The summed E-state index contributed by atoms with van der Waals surface area (Å²) in [5.74, 6) is -3.34. The zero-order valence-electron chi connectivity index (χ0n) is 31.1. The van der Waals surface area contributed by atoms with Gasteiger partial charge in [0.25, 0.3) is 11.8 Å². The van der Waals surface area contributed by atoms with Crippen molar-refractivity contribution < 1.29 is 46.1 Å². The van der Waals surface area contributed by atoms with Gasteiger partial charge < -0.3 is 30.4 Å². The van der Waals surface area contributed by atoms with Crippen LogP contribution in [-0.2, 0) is 30.1 Å². The number of pyridine rings is 2. The second kappa shape index (κ2) is 13.8. The van der Waals surface area contributed by atoms with E-state index < -0.39 is 59.0 Å². The third-order valence-corrected chi connectivity index (χ3v) is 11.5. The maximum atomic E-state index is 14.9. The quantitative estimate of drug-likeness (QED) is 0.223. The summed E-state index contributed by atoms with van der Waals surface area (Å²) in [6.45, 7) is 0.888.